The van der Waals surface area contributed by atoms with E-state index in [2.05, 4.69) is 21.2 Å². The van der Waals surface area contributed by atoms with E-state index >= 15 is 0 Å². The lowest BCUT2D eigenvalue weighted by molar-refractivity contribution is -0.124. The normalized spacial score (nSPS) is 12.5. The summed E-state index contributed by atoms with van der Waals surface area (Å²) in [7, 11) is 1.82. The summed E-state index contributed by atoms with van der Waals surface area (Å²) in [5, 5.41) is 4.08. The topological polar surface area (TPSA) is 75.4 Å². The summed E-state index contributed by atoms with van der Waals surface area (Å²) in [6, 6.07) is 0.759. The zero-order chi connectivity index (χ0) is 13.0. The lowest BCUT2D eigenvalue weighted by Gasteiger charge is -2.22. The molecule has 17 heavy (non-hydrogen) atoms. The van der Waals surface area contributed by atoms with E-state index in [9.17, 15) is 9.59 Å². The standard InChI is InChI=1S/C10H14BrN3O2S/c1-6(9(15)13-10(12)16)14(2)4-7-3-8(11)17-5-7/h3,5-6H,4H2,1-2H3,(H3,12,13,15,16)/t6-/m1/s1. The van der Waals surface area contributed by atoms with Gasteiger partial charge in [-0.05, 0) is 46.9 Å². The van der Waals surface area contributed by atoms with Crippen molar-refractivity contribution in [2.75, 3.05) is 7.05 Å². The van der Waals surface area contributed by atoms with Gasteiger partial charge in [0.2, 0.25) is 5.91 Å². The molecule has 7 heteroatoms. The minimum Gasteiger partial charge on any atom is -0.351 e. The Bertz CT molecular complexity index is 421. The number of carbonyl (C=O) groups is 2. The van der Waals surface area contributed by atoms with Gasteiger partial charge in [0.05, 0.1) is 9.83 Å². The van der Waals surface area contributed by atoms with E-state index in [0.717, 1.165) is 9.35 Å². The van der Waals surface area contributed by atoms with Gasteiger partial charge in [0.1, 0.15) is 0 Å². The second-order valence-electron chi connectivity index (χ2n) is 3.70. The Morgan fingerprint density at radius 2 is 2.29 bits per heavy atom. The number of nitrogens with one attached hydrogen (secondary N) is 1. The van der Waals surface area contributed by atoms with E-state index < -0.39 is 18.0 Å². The maximum absolute atomic E-state index is 11.5. The number of nitrogens with zero attached hydrogens (tertiary/aromatic N) is 1. The van der Waals surface area contributed by atoms with Crippen molar-refractivity contribution in [3.63, 3.8) is 0 Å². The number of urea groups is 1. The number of imide groups is 1. The molecule has 0 saturated heterocycles. The molecule has 1 rings (SSSR count). The van der Waals surface area contributed by atoms with Gasteiger partial charge >= 0.3 is 6.03 Å². The number of primary amides is 1. The van der Waals surface area contributed by atoms with E-state index in [4.69, 9.17) is 5.73 Å². The summed E-state index contributed by atoms with van der Waals surface area (Å²) >= 11 is 4.97. The second kappa shape index (κ2) is 6.13. The summed E-state index contributed by atoms with van der Waals surface area (Å²) < 4.78 is 1.05. The van der Waals surface area contributed by atoms with Gasteiger partial charge < -0.3 is 5.73 Å². The molecule has 0 spiro atoms. The number of rotatable bonds is 4. The molecule has 0 aromatic carbocycles. The summed E-state index contributed by atoms with van der Waals surface area (Å²) in [5.74, 6) is -0.394. The first kappa shape index (κ1) is 14.1. The lowest BCUT2D eigenvalue weighted by atomic mass is 10.2. The molecule has 0 aliphatic rings. The van der Waals surface area contributed by atoms with Crippen LogP contribution in [0.2, 0.25) is 0 Å². The van der Waals surface area contributed by atoms with Crippen LogP contribution >= 0.6 is 27.3 Å². The lowest BCUT2D eigenvalue weighted by Crippen LogP contribution is -2.46. The van der Waals surface area contributed by atoms with Crippen LogP contribution < -0.4 is 11.1 Å². The number of likely N-dealkylation sites (N-methyl/N-ethyl adjacent to an activating group) is 1. The van der Waals surface area contributed by atoms with Gasteiger partial charge in [-0.1, -0.05) is 0 Å². The Kier molecular flexibility index (Phi) is 5.10. The minimum atomic E-state index is -0.825. The monoisotopic (exact) mass is 319 g/mol. The van der Waals surface area contributed by atoms with Crippen molar-refractivity contribution in [1.82, 2.24) is 10.2 Å². The molecule has 3 amide bonds. The zero-order valence-corrected chi connectivity index (χ0v) is 12.0. The molecule has 1 aromatic heterocycles. The molecule has 0 aliphatic carbocycles. The fourth-order valence-corrected chi connectivity index (χ4v) is 2.48. The molecule has 0 saturated carbocycles. The molecule has 0 aliphatic heterocycles. The van der Waals surface area contributed by atoms with Gasteiger partial charge in [0.25, 0.3) is 0 Å². The van der Waals surface area contributed by atoms with Gasteiger partial charge in [-0.25, -0.2) is 4.79 Å². The SMILES string of the molecule is C[C@H](C(=O)NC(N)=O)N(C)Cc1csc(Br)c1. The van der Waals surface area contributed by atoms with Crippen LogP contribution in [0.15, 0.2) is 15.2 Å². The van der Waals surface area contributed by atoms with Crippen molar-refractivity contribution in [2.45, 2.75) is 19.5 Å². The summed E-state index contributed by atoms with van der Waals surface area (Å²) in [6.45, 7) is 2.36. The van der Waals surface area contributed by atoms with Crippen molar-refractivity contribution in [3.8, 4) is 0 Å². The first-order valence-electron chi connectivity index (χ1n) is 4.93. The van der Waals surface area contributed by atoms with E-state index in [1.165, 1.54) is 0 Å². The molecular formula is C10H14BrN3O2S. The third-order valence-corrected chi connectivity index (χ3v) is 3.89. The van der Waals surface area contributed by atoms with Crippen LogP contribution in [0.3, 0.4) is 0 Å². The number of amides is 3. The van der Waals surface area contributed by atoms with Gasteiger partial charge in [-0.3, -0.25) is 15.0 Å². The van der Waals surface area contributed by atoms with Crippen LogP contribution in [0, 0.1) is 0 Å². The number of halogens is 1. The Morgan fingerprint density at radius 3 is 2.76 bits per heavy atom. The zero-order valence-electron chi connectivity index (χ0n) is 9.57. The molecule has 1 heterocycles. The number of carbonyl (C=O) groups excluding carboxylic acids is 2. The third-order valence-electron chi connectivity index (χ3n) is 2.34. The van der Waals surface area contributed by atoms with E-state index in [0.29, 0.717) is 6.54 Å². The van der Waals surface area contributed by atoms with Gasteiger partial charge in [0.15, 0.2) is 0 Å². The first-order chi connectivity index (χ1) is 7.90. The molecule has 3 N–H and O–H groups in total. The van der Waals surface area contributed by atoms with Gasteiger partial charge in [0, 0.05) is 6.54 Å². The van der Waals surface area contributed by atoms with Crippen LogP contribution in [0.25, 0.3) is 0 Å². The van der Waals surface area contributed by atoms with Crippen molar-refractivity contribution in [2.24, 2.45) is 5.73 Å². The molecule has 1 atom stereocenters. The largest absolute Gasteiger partial charge is 0.351 e. The molecule has 0 radical (unpaired) electrons. The highest BCUT2D eigenvalue weighted by Crippen LogP contribution is 2.21. The van der Waals surface area contributed by atoms with E-state index in [1.54, 1.807) is 18.3 Å². The number of hydrogen-bond donors (Lipinski definition) is 2. The minimum absolute atomic E-state index is 0.394. The maximum Gasteiger partial charge on any atom is 0.318 e. The Hall–Kier alpha value is -0.920. The summed E-state index contributed by atoms with van der Waals surface area (Å²) in [5.41, 5.74) is 6.01. The van der Waals surface area contributed by atoms with Crippen molar-refractivity contribution >= 4 is 39.2 Å². The van der Waals surface area contributed by atoms with Crippen LogP contribution in [0.5, 0.6) is 0 Å². The van der Waals surface area contributed by atoms with Crippen LogP contribution in [-0.4, -0.2) is 29.9 Å². The highest BCUT2D eigenvalue weighted by Gasteiger charge is 2.19. The molecule has 94 valence electrons. The Balaban J connectivity index is 2.54. The Morgan fingerprint density at radius 1 is 1.65 bits per heavy atom. The quantitative estimate of drug-likeness (QED) is 0.883. The maximum atomic E-state index is 11.5. The fourth-order valence-electron chi connectivity index (χ4n) is 1.28. The molecule has 0 fully saturated rings. The first-order valence-corrected chi connectivity index (χ1v) is 6.61. The van der Waals surface area contributed by atoms with Gasteiger partial charge in [-0.15, -0.1) is 11.3 Å². The van der Waals surface area contributed by atoms with Crippen molar-refractivity contribution in [1.29, 1.82) is 0 Å². The summed E-state index contributed by atoms with van der Waals surface area (Å²) in [6.07, 6.45) is 0. The number of thiophene rings is 1. The van der Waals surface area contributed by atoms with E-state index in [-0.39, 0.29) is 0 Å². The average Bonchev–Trinajstić information content (AvgIpc) is 2.61. The predicted molar refractivity (Wildman–Crippen MR) is 70.7 cm³/mol. The number of nitrogens with two attached hydrogens (primary N) is 1. The molecule has 1 aromatic rings. The summed E-state index contributed by atoms with van der Waals surface area (Å²) in [4.78, 5) is 23.9. The smallest absolute Gasteiger partial charge is 0.318 e. The Labute approximate surface area is 112 Å². The van der Waals surface area contributed by atoms with E-state index in [1.807, 2.05) is 23.4 Å². The number of hydrogen-bond acceptors (Lipinski definition) is 4. The van der Waals surface area contributed by atoms with Crippen LogP contribution in [0.1, 0.15) is 12.5 Å². The molecule has 5 nitrogen and oxygen atoms in total. The van der Waals surface area contributed by atoms with Crippen LogP contribution in [0.4, 0.5) is 4.79 Å². The second-order valence-corrected chi connectivity index (χ2v) is 5.99. The van der Waals surface area contributed by atoms with Crippen molar-refractivity contribution in [3.05, 3.63) is 20.8 Å². The van der Waals surface area contributed by atoms with Crippen molar-refractivity contribution < 1.29 is 9.59 Å². The fraction of sp³-hybridized carbons (Fsp3) is 0.400. The highest BCUT2D eigenvalue weighted by molar-refractivity contribution is 9.11. The average molecular weight is 320 g/mol. The molecule has 0 unspecified atom stereocenters. The van der Waals surface area contributed by atoms with Crippen LogP contribution in [-0.2, 0) is 11.3 Å². The predicted octanol–water partition coefficient (Wildman–Crippen LogP) is 1.53. The van der Waals surface area contributed by atoms with Gasteiger partial charge in [-0.2, -0.15) is 0 Å². The molecule has 0 bridgehead atoms. The molecular weight excluding hydrogens is 306 g/mol. The third kappa shape index (κ3) is 4.45. The highest BCUT2D eigenvalue weighted by atomic mass is 79.9.